The third-order valence-corrected chi connectivity index (χ3v) is 15.2. The largest absolute Gasteiger partial charge is 0.394 e. The highest BCUT2D eigenvalue weighted by Gasteiger charge is 2.20. The molecule has 4 heteroatoms. The van der Waals surface area contributed by atoms with E-state index in [1.807, 2.05) is 0 Å². The van der Waals surface area contributed by atoms with E-state index in [2.05, 4.69) is 55.6 Å². The lowest BCUT2D eigenvalue weighted by Gasteiger charge is -2.22. The zero-order chi connectivity index (χ0) is 50.6. The van der Waals surface area contributed by atoms with Gasteiger partial charge in [-0.1, -0.05) is 339 Å². The van der Waals surface area contributed by atoms with Gasteiger partial charge in [-0.15, -0.1) is 0 Å². The van der Waals surface area contributed by atoms with Crippen LogP contribution >= 0.6 is 0 Å². The maximum absolute atomic E-state index is 12.5. The summed E-state index contributed by atoms with van der Waals surface area (Å²) in [6.07, 6.45) is 84.6. The van der Waals surface area contributed by atoms with Gasteiger partial charge >= 0.3 is 0 Å². The Hall–Kier alpha value is -1.39. The second-order valence-electron chi connectivity index (χ2n) is 22.2. The van der Waals surface area contributed by atoms with Crippen molar-refractivity contribution in [3.8, 4) is 0 Å². The summed E-state index contributed by atoms with van der Waals surface area (Å²) in [6.45, 7) is 4.38. The van der Waals surface area contributed by atoms with Gasteiger partial charge in [0.15, 0.2) is 0 Å². The molecule has 1 amide bonds. The van der Waals surface area contributed by atoms with Crippen molar-refractivity contribution in [2.45, 2.75) is 373 Å². The third-order valence-electron chi connectivity index (χ3n) is 15.2. The van der Waals surface area contributed by atoms with Crippen LogP contribution in [-0.2, 0) is 4.79 Å². The number of aliphatic hydroxyl groups excluding tert-OH is 2. The summed E-state index contributed by atoms with van der Waals surface area (Å²) < 4.78 is 0. The van der Waals surface area contributed by atoms with Gasteiger partial charge in [-0.25, -0.2) is 0 Å². The van der Waals surface area contributed by atoms with Crippen LogP contribution in [0, 0.1) is 0 Å². The summed E-state index contributed by atoms with van der Waals surface area (Å²) in [7, 11) is 0. The number of nitrogens with one attached hydrogen (secondary N) is 1. The quantitative estimate of drug-likeness (QED) is 0.0420. The van der Waals surface area contributed by atoms with Crippen LogP contribution in [0.1, 0.15) is 361 Å². The highest BCUT2D eigenvalue weighted by Crippen LogP contribution is 2.19. The summed E-state index contributed by atoms with van der Waals surface area (Å²) in [4.78, 5) is 12.5. The lowest BCUT2D eigenvalue weighted by Crippen LogP contribution is -2.45. The van der Waals surface area contributed by atoms with Crippen LogP contribution < -0.4 is 5.32 Å². The molecule has 2 atom stereocenters. The average Bonchev–Trinajstić information content (AvgIpc) is 3.36. The number of carbonyl (C=O) groups excluding carboxylic acids is 1. The molecule has 0 aliphatic carbocycles. The minimum absolute atomic E-state index is 0.0237. The molecule has 0 aromatic rings. The monoisotopic (exact) mass is 982 g/mol. The van der Waals surface area contributed by atoms with E-state index in [9.17, 15) is 15.0 Å². The van der Waals surface area contributed by atoms with E-state index in [0.29, 0.717) is 12.8 Å². The smallest absolute Gasteiger partial charge is 0.220 e. The molecule has 0 aliphatic rings. The predicted octanol–water partition coefficient (Wildman–Crippen LogP) is 21.6. The fourth-order valence-corrected chi connectivity index (χ4v) is 10.3. The zero-order valence-electron chi connectivity index (χ0n) is 47.8. The molecule has 0 spiro atoms. The summed E-state index contributed by atoms with van der Waals surface area (Å²) in [5.74, 6) is -0.0237. The standard InChI is InChI=1S/C66H127NO3/c1-3-5-7-9-11-13-15-17-19-21-23-25-26-27-28-29-30-31-32-33-34-35-36-37-38-39-40-42-44-46-48-50-52-54-56-58-60-62-66(70)67-64(63-68)65(69)61-59-57-55-53-51-49-47-45-43-41-24-22-20-18-16-14-12-10-8-6-4-2/h15,17,21,23,26-27,64-65,68-69H,3-14,16,18-20,22,24-25,28-63H2,1-2H3,(H,67,70)/b17-15-,23-21-,27-26-. The number of hydrogen-bond acceptors (Lipinski definition) is 3. The van der Waals surface area contributed by atoms with Crippen LogP contribution in [0.4, 0.5) is 0 Å². The summed E-state index contributed by atoms with van der Waals surface area (Å²) >= 11 is 0. The van der Waals surface area contributed by atoms with Gasteiger partial charge in [-0.05, 0) is 51.4 Å². The molecule has 70 heavy (non-hydrogen) atoms. The normalized spacial score (nSPS) is 12.9. The van der Waals surface area contributed by atoms with Crippen LogP contribution in [0.5, 0.6) is 0 Å². The molecule has 0 bridgehead atoms. The van der Waals surface area contributed by atoms with Crippen molar-refractivity contribution < 1.29 is 15.0 Å². The second-order valence-corrected chi connectivity index (χ2v) is 22.2. The fraction of sp³-hybridized carbons (Fsp3) is 0.894. The van der Waals surface area contributed by atoms with Crippen molar-refractivity contribution in [1.29, 1.82) is 0 Å². The van der Waals surface area contributed by atoms with Crippen LogP contribution in [0.15, 0.2) is 36.5 Å². The number of aliphatic hydroxyl groups is 2. The van der Waals surface area contributed by atoms with Gasteiger partial charge in [0.25, 0.3) is 0 Å². The van der Waals surface area contributed by atoms with E-state index in [-0.39, 0.29) is 12.5 Å². The Morgan fingerprint density at radius 2 is 0.586 bits per heavy atom. The van der Waals surface area contributed by atoms with Gasteiger partial charge < -0.3 is 15.5 Å². The molecule has 414 valence electrons. The average molecular weight is 983 g/mol. The van der Waals surface area contributed by atoms with Crippen molar-refractivity contribution in [2.75, 3.05) is 6.61 Å². The molecule has 0 saturated carbocycles. The maximum Gasteiger partial charge on any atom is 0.220 e. The molecule has 0 radical (unpaired) electrons. The third kappa shape index (κ3) is 57.5. The van der Waals surface area contributed by atoms with Crippen molar-refractivity contribution in [3.63, 3.8) is 0 Å². The van der Waals surface area contributed by atoms with Crippen LogP contribution in [0.25, 0.3) is 0 Å². The fourth-order valence-electron chi connectivity index (χ4n) is 10.3. The molecule has 0 heterocycles. The first-order valence-corrected chi connectivity index (χ1v) is 32.2. The SMILES string of the molecule is CCCCCCC/C=C\C/C=C\C/C=C\CCCCCCCCCCCCCCCCCCCCCCCCC(=O)NC(CO)C(O)CCCCCCCCCCCCCCCCCCCCCCC. The number of unbranched alkanes of at least 4 members (excludes halogenated alkanes) is 47. The Bertz CT molecular complexity index is 1070. The molecule has 0 rings (SSSR count). The predicted molar refractivity (Wildman–Crippen MR) is 313 cm³/mol. The molecule has 0 aliphatic heterocycles. The lowest BCUT2D eigenvalue weighted by molar-refractivity contribution is -0.123. The highest BCUT2D eigenvalue weighted by atomic mass is 16.3. The van der Waals surface area contributed by atoms with Gasteiger partial charge in [-0.3, -0.25) is 4.79 Å². The van der Waals surface area contributed by atoms with Gasteiger partial charge in [0.2, 0.25) is 5.91 Å². The maximum atomic E-state index is 12.5. The van der Waals surface area contributed by atoms with Crippen LogP contribution in [0.3, 0.4) is 0 Å². The Labute approximate surface area is 440 Å². The molecular formula is C66H127NO3. The van der Waals surface area contributed by atoms with Crippen molar-refractivity contribution in [3.05, 3.63) is 36.5 Å². The molecule has 0 aromatic heterocycles. The molecule has 0 aromatic carbocycles. The van der Waals surface area contributed by atoms with E-state index in [0.717, 1.165) is 38.5 Å². The Morgan fingerprint density at radius 1 is 0.343 bits per heavy atom. The van der Waals surface area contributed by atoms with Crippen molar-refractivity contribution in [1.82, 2.24) is 5.32 Å². The second kappa shape index (κ2) is 61.9. The molecule has 0 saturated heterocycles. The van der Waals surface area contributed by atoms with Gasteiger partial charge in [-0.2, -0.15) is 0 Å². The molecule has 4 nitrogen and oxygen atoms in total. The molecular weight excluding hydrogens is 855 g/mol. The van der Waals surface area contributed by atoms with E-state index >= 15 is 0 Å². The van der Waals surface area contributed by atoms with Crippen LogP contribution in [-0.4, -0.2) is 34.9 Å². The Balaban J connectivity index is 3.39. The van der Waals surface area contributed by atoms with Gasteiger partial charge in [0, 0.05) is 6.42 Å². The van der Waals surface area contributed by atoms with Gasteiger partial charge in [0.1, 0.15) is 0 Å². The highest BCUT2D eigenvalue weighted by molar-refractivity contribution is 5.76. The van der Waals surface area contributed by atoms with Crippen molar-refractivity contribution in [2.24, 2.45) is 0 Å². The van der Waals surface area contributed by atoms with Gasteiger partial charge in [0.05, 0.1) is 18.8 Å². The van der Waals surface area contributed by atoms with E-state index in [1.165, 1.54) is 295 Å². The number of amides is 1. The lowest BCUT2D eigenvalue weighted by atomic mass is 10.0. The minimum atomic E-state index is -0.658. The van der Waals surface area contributed by atoms with E-state index < -0.39 is 12.1 Å². The van der Waals surface area contributed by atoms with Crippen molar-refractivity contribution >= 4 is 5.91 Å². The van der Waals surface area contributed by atoms with E-state index in [4.69, 9.17) is 0 Å². The van der Waals surface area contributed by atoms with E-state index in [1.54, 1.807) is 0 Å². The number of carbonyl (C=O) groups is 1. The first-order valence-electron chi connectivity index (χ1n) is 32.2. The minimum Gasteiger partial charge on any atom is -0.394 e. The number of hydrogen-bond donors (Lipinski definition) is 3. The van der Waals surface area contributed by atoms with Crippen LogP contribution in [0.2, 0.25) is 0 Å². The number of allylic oxidation sites excluding steroid dienone is 6. The summed E-state index contributed by atoms with van der Waals surface area (Å²) in [5.41, 5.74) is 0. The first-order chi connectivity index (χ1) is 34.7. The summed E-state index contributed by atoms with van der Waals surface area (Å²) in [5, 5.41) is 23.4. The molecule has 0 fully saturated rings. The number of rotatable bonds is 60. The molecule has 2 unspecified atom stereocenters. The zero-order valence-corrected chi connectivity index (χ0v) is 47.8. The topological polar surface area (TPSA) is 69.6 Å². The Morgan fingerprint density at radius 3 is 0.871 bits per heavy atom. The Kier molecular flexibility index (Phi) is 60.7. The first kappa shape index (κ1) is 68.6. The molecule has 3 N–H and O–H groups in total. The summed E-state index contributed by atoms with van der Waals surface area (Å²) in [6, 6.07) is -0.535.